The van der Waals surface area contributed by atoms with Crippen molar-refractivity contribution in [2.45, 2.75) is 49.9 Å². The first kappa shape index (κ1) is 29.3. The van der Waals surface area contributed by atoms with E-state index in [0.717, 1.165) is 25.1 Å². The van der Waals surface area contributed by atoms with Gasteiger partial charge in [0.2, 0.25) is 0 Å². The molecule has 0 saturated carbocycles. The standard InChI is InChI=1S/C20H15F13N2O/c1-2-8-6-9(16(22,19(28,29)30)18(26,27)20(31,32)33)7-11(17(23,24)25)14(8)35-15(36)10-4-3-5-12(34)13(10)21/h3-6,11H,2,7,34H2,1H3,(H,35,36). The summed E-state index contributed by atoms with van der Waals surface area (Å²) in [4.78, 5) is 12.4. The zero-order valence-corrected chi connectivity index (χ0v) is 17.7. The molecule has 36 heavy (non-hydrogen) atoms. The van der Waals surface area contributed by atoms with E-state index < -0.39 is 88.7 Å². The van der Waals surface area contributed by atoms with Crippen LogP contribution in [0.2, 0.25) is 0 Å². The summed E-state index contributed by atoms with van der Waals surface area (Å²) in [7, 11) is 0. The van der Waals surface area contributed by atoms with Crippen LogP contribution in [-0.2, 0) is 0 Å². The predicted octanol–water partition coefficient (Wildman–Crippen LogP) is 6.78. The van der Waals surface area contributed by atoms with Gasteiger partial charge >= 0.3 is 24.5 Å². The van der Waals surface area contributed by atoms with E-state index in [1.807, 2.05) is 0 Å². The topological polar surface area (TPSA) is 55.1 Å². The molecule has 3 N–H and O–H groups in total. The second kappa shape index (κ2) is 9.18. The second-order valence-electron chi connectivity index (χ2n) is 7.65. The van der Waals surface area contributed by atoms with Crippen molar-refractivity contribution in [3.8, 4) is 0 Å². The number of anilines is 1. The molecule has 16 heteroatoms. The van der Waals surface area contributed by atoms with Crippen molar-refractivity contribution in [2.75, 3.05) is 5.73 Å². The van der Waals surface area contributed by atoms with Crippen molar-refractivity contribution >= 4 is 11.6 Å². The Morgan fingerprint density at radius 1 is 0.972 bits per heavy atom. The lowest BCUT2D eigenvalue weighted by Gasteiger charge is -2.40. The molecule has 0 radical (unpaired) electrons. The molecule has 0 bridgehead atoms. The molecule has 0 saturated heterocycles. The molecule has 202 valence electrons. The number of benzene rings is 1. The van der Waals surface area contributed by atoms with Gasteiger partial charge in [-0.3, -0.25) is 4.79 Å². The zero-order chi connectivity index (χ0) is 28.1. The van der Waals surface area contributed by atoms with Crippen LogP contribution in [0.1, 0.15) is 30.1 Å². The van der Waals surface area contributed by atoms with Gasteiger partial charge in [-0.1, -0.05) is 19.1 Å². The molecular weight excluding hydrogens is 531 g/mol. The fraction of sp³-hybridized carbons (Fsp3) is 0.450. The van der Waals surface area contributed by atoms with Gasteiger partial charge in [0.25, 0.3) is 11.6 Å². The van der Waals surface area contributed by atoms with Crippen LogP contribution in [0.25, 0.3) is 0 Å². The van der Waals surface area contributed by atoms with Crippen LogP contribution in [-0.4, -0.2) is 36.0 Å². The van der Waals surface area contributed by atoms with Gasteiger partial charge in [0.05, 0.1) is 17.2 Å². The molecule has 2 unspecified atom stereocenters. The van der Waals surface area contributed by atoms with Crippen LogP contribution in [0.4, 0.5) is 62.8 Å². The predicted molar refractivity (Wildman–Crippen MR) is 98.7 cm³/mol. The van der Waals surface area contributed by atoms with Crippen molar-refractivity contribution < 1.29 is 61.9 Å². The number of hydrogen-bond donors (Lipinski definition) is 2. The number of carbonyl (C=O) groups excluding carboxylic acids is 1. The molecule has 0 fully saturated rings. The maximum absolute atomic E-state index is 14.9. The number of hydrogen-bond acceptors (Lipinski definition) is 2. The van der Waals surface area contributed by atoms with Gasteiger partial charge in [0, 0.05) is 5.70 Å². The van der Waals surface area contributed by atoms with Crippen LogP contribution < -0.4 is 11.1 Å². The van der Waals surface area contributed by atoms with Crippen molar-refractivity contribution in [3.05, 3.63) is 52.5 Å². The number of alkyl halides is 12. The molecule has 2 atom stereocenters. The minimum absolute atomic E-state index is 0.235. The van der Waals surface area contributed by atoms with Gasteiger partial charge in [0.1, 0.15) is 0 Å². The summed E-state index contributed by atoms with van der Waals surface area (Å²) in [6.45, 7) is 0.949. The summed E-state index contributed by atoms with van der Waals surface area (Å²) in [6, 6.07) is 2.79. The van der Waals surface area contributed by atoms with E-state index in [1.54, 1.807) is 5.32 Å². The van der Waals surface area contributed by atoms with E-state index in [1.165, 1.54) is 0 Å². The van der Waals surface area contributed by atoms with Gasteiger partial charge in [-0.05, 0) is 36.1 Å². The van der Waals surface area contributed by atoms with E-state index in [4.69, 9.17) is 5.73 Å². The third-order valence-electron chi connectivity index (χ3n) is 5.39. The van der Waals surface area contributed by atoms with E-state index in [-0.39, 0.29) is 6.08 Å². The Morgan fingerprint density at radius 2 is 1.53 bits per heavy atom. The number of allylic oxidation sites excluding steroid dienone is 4. The lowest BCUT2D eigenvalue weighted by atomic mass is 9.76. The molecule has 3 nitrogen and oxygen atoms in total. The Kier molecular flexibility index (Phi) is 7.47. The number of carbonyl (C=O) groups is 1. The lowest BCUT2D eigenvalue weighted by Crippen LogP contribution is -2.63. The van der Waals surface area contributed by atoms with Crippen LogP contribution >= 0.6 is 0 Å². The largest absolute Gasteiger partial charge is 0.457 e. The molecule has 2 rings (SSSR count). The third-order valence-corrected chi connectivity index (χ3v) is 5.39. The monoisotopic (exact) mass is 546 g/mol. The molecule has 1 aromatic carbocycles. The van der Waals surface area contributed by atoms with Gasteiger partial charge in [-0.25, -0.2) is 8.78 Å². The molecule has 0 aliphatic heterocycles. The summed E-state index contributed by atoms with van der Waals surface area (Å²) < 4.78 is 176. The van der Waals surface area contributed by atoms with E-state index in [0.29, 0.717) is 0 Å². The molecular formula is C20H15F13N2O. The minimum atomic E-state index is -7.18. The quantitative estimate of drug-likeness (QED) is 0.316. The Hall–Kier alpha value is -2.94. The van der Waals surface area contributed by atoms with Gasteiger partial charge in [-0.15, -0.1) is 0 Å². The van der Waals surface area contributed by atoms with Crippen LogP contribution in [0.5, 0.6) is 0 Å². The van der Waals surface area contributed by atoms with Crippen molar-refractivity contribution in [1.29, 1.82) is 0 Å². The Morgan fingerprint density at radius 3 is 1.97 bits per heavy atom. The summed E-state index contributed by atoms with van der Waals surface area (Å²) in [5.74, 6) is -13.5. The van der Waals surface area contributed by atoms with Crippen LogP contribution in [0, 0.1) is 11.7 Å². The molecule has 1 aliphatic carbocycles. The average molecular weight is 546 g/mol. The number of amides is 1. The molecule has 0 spiro atoms. The maximum Gasteiger partial charge on any atom is 0.457 e. The molecule has 0 aromatic heterocycles. The molecule has 1 amide bonds. The minimum Gasteiger partial charge on any atom is -0.396 e. The number of rotatable bonds is 5. The highest BCUT2D eigenvalue weighted by atomic mass is 19.4. The first-order chi connectivity index (χ1) is 16.1. The fourth-order valence-corrected chi connectivity index (χ4v) is 3.54. The van der Waals surface area contributed by atoms with Crippen LogP contribution in [0.15, 0.2) is 41.1 Å². The molecule has 0 heterocycles. The second-order valence-corrected chi connectivity index (χ2v) is 7.65. The summed E-state index contributed by atoms with van der Waals surface area (Å²) >= 11 is 0. The molecule has 1 aliphatic rings. The van der Waals surface area contributed by atoms with Crippen molar-refractivity contribution in [1.82, 2.24) is 5.32 Å². The van der Waals surface area contributed by atoms with E-state index in [9.17, 15) is 61.9 Å². The Balaban J connectivity index is 2.77. The SMILES string of the molecule is CCC1=C(NC(=O)c2cccc(N)c2F)C(C(F)(F)F)CC(C(F)(C(F)(F)F)C(F)(F)C(F)(F)F)=C1. The highest BCUT2D eigenvalue weighted by molar-refractivity contribution is 5.96. The van der Waals surface area contributed by atoms with Gasteiger partial charge in [0.15, 0.2) is 5.82 Å². The first-order valence-electron chi connectivity index (χ1n) is 9.67. The van der Waals surface area contributed by atoms with Crippen molar-refractivity contribution in [2.24, 2.45) is 5.92 Å². The van der Waals surface area contributed by atoms with Gasteiger partial charge < -0.3 is 11.1 Å². The number of halogens is 13. The Bertz CT molecular complexity index is 1080. The van der Waals surface area contributed by atoms with E-state index in [2.05, 4.69) is 0 Å². The van der Waals surface area contributed by atoms with Crippen molar-refractivity contribution in [3.63, 3.8) is 0 Å². The first-order valence-corrected chi connectivity index (χ1v) is 9.67. The molecule has 1 aromatic rings. The van der Waals surface area contributed by atoms with E-state index >= 15 is 0 Å². The lowest BCUT2D eigenvalue weighted by molar-refractivity contribution is -0.373. The maximum atomic E-state index is 14.9. The smallest absolute Gasteiger partial charge is 0.396 e. The zero-order valence-electron chi connectivity index (χ0n) is 17.7. The number of nitrogen functional groups attached to an aromatic ring is 1. The average Bonchev–Trinajstić information content (AvgIpc) is 2.72. The number of nitrogens with two attached hydrogens (primary N) is 1. The fourth-order valence-electron chi connectivity index (χ4n) is 3.54. The normalized spacial score (nSPS) is 19.6. The highest BCUT2D eigenvalue weighted by Crippen LogP contribution is 2.59. The van der Waals surface area contributed by atoms with Crippen LogP contribution in [0.3, 0.4) is 0 Å². The third kappa shape index (κ3) is 4.85. The van der Waals surface area contributed by atoms with Gasteiger partial charge in [-0.2, -0.15) is 48.3 Å². The summed E-state index contributed by atoms with van der Waals surface area (Å²) in [5.41, 5.74) is -7.70. The Labute approximate surface area is 193 Å². The summed E-state index contributed by atoms with van der Waals surface area (Å²) in [6.07, 6.45) is -23.2. The summed E-state index contributed by atoms with van der Waals surface area (Å²) in [5, 5.41) is 1.61. The highest BCUT2D eigenvalue weighted by Gasteiger charge is 2.82. The number of nitrogens with one attached hydrogen (secondary N) is 1.